The predicted molar refractivity (Wildman–Crippen MR) is 48.9 cm³/mol. The number of phenolic OH excluding ortho intramolecular Hbond substituents is 1. The molecule has 0 radical (unpaired) electrons. The van der Waals surface area contributed by atoms with Crippen LogP contribution in [0.5, 0.6) is 5.75 Å². The van der Waals surface area contributed by atoms with E-state index in [1.165, 1.54) is 0 Å². The van der Waals surface area contributed by atoms with E-state index < -0.39 is 0 Å². The Morgan fingerprint density at radius 2 is 2.17 bits per heavy atom. The Hall–Kier alpha value is -1.64. The Kier molecular flexibility index (Phi) is 1.43. The SMILES string of the molecule is CNn1ccc2c(O)cccc21. The number of aromatic hydroxyl groups is 1. The number of benzene rings is 1. The highest BCUT2D eigenvalue weighted by Crippen LogP contribution is 2.23. The quantitative estimate of drug-likeness (QED) is 0.667. The van der Waals surface area contributed by atoms with Crippen LogP contribution in [0.2, 0.25) is 0 Å². The first-order chi connectivity index (χ1) is 5.83. The molecule has 0 aliphatic rings. The van der Waals surface area contributed by atoms with E-state index in [9.17, 15) is 5.11 Å². The van der Waals surface area contributed by atoms with Crippen LogP contribution in [0, 0.1) is 0 Å². The second-order valence-electron chi connectivity index (χ2n) is 2.62. The first kappa shape index (κ1) is 7.03. The van der Waals surface area contributed by atoms with Gasteiger partial charge in [-0.15, -0.1) is 0 Å². The third-order valence-corrected chi connectivity index (χ3v) is 1.95. The highest BCUT2D eigenvalue weighted by Gasteiger charge is 2.01. The molecule has 12 heavy (non-hydrogen) atoms. The zero-order valence-electron chi connectivity index (χ0n) is 6.78. The lowest BCUT2D eigenvalue weighted by molar-refractivity contribution is 0.481. The normalized spacial score (nSPS) is 10.4. The number of fused-ring (bicyclic) bond motifs is 1. The molecule has 3 heteroatoms. The molecule has 0 saturated carbocycles. The maximum Gasteiger partial charge on any atom is 0.125 e. The maximum absolute atomic E-state index is 9.44. The van der Waals surface area contributed by atoms with Gasteiger partial charge in [-0.25, -0.2) is 0 Å². The maximum atomic E-state index is 9.44. The number of nitrogens with zero attached hydrogens (tertiary/aromatic N) is 1. The number of aromatic nitrogens is 1. The van der Waals surface area contributed by atoms with Crippen LogP contribution >= 0.6 is 0 Å². The summed E-state index contributed by atoms with van der Waals surface area (Å²) in [4.78, 5) is 0. The summed E-state index contributed by atoms with van der Waals surface area (Å²) < 4.78 is 1.86. The average molecular weight is 162 g/mol. The van der Waals surface area contributed by atoms with Crippen molar-refractivity contribution in [3.05, 3.63) is 30.5 Å². The largest absolute Gasteiger partial charge is 0.507 e. The van der Waals surface area contributed by atoms with Crippen molar-refractivity contribution in [3.8, 4) is 5.75 Å². The van der Waals surface area contributed by atoms with Crippen molar-refractivity contribution in [1.29, 1.82) is 0 Å². The molecule has 0 aliphatic carbocycles. The Balaban J connectivity index is 2.80. The Morgan fingerprint density at radius 1 is 1.33 bits per heavy atom. The average Bonchev–Trinajstić information content (AvgIpc) is 2.49. The summed E-state index contributed by atoms with van der Waals surface area (Å²) in [6.07, 6.45) is 1.88. The van der Waals surface area contributed by atoms with Crippen LogP contribution in [0.1, 0.15) is 0 Å². The van der Waals surface area contributed by atoms with Gasteiger partial charge in [-0.3, -0.25) is 4.68 Å². The molecule has 0 aliphatic heterocycles. The van der Waals surface area contributed by atoms with E-state index in [0.717, 1.165) is 10.9 Å². The Labute approximate surface area is 70.2 Å². The molecule has 2 rings (SSSR count). The Morgan fingerprint density at radius 3 is 2.92 bits per heavy atom. The third-order valence-electron chi connectivity index (χ3n) is 1.95. The summed E-state index contributed by atoms with van der Waals surface area (Å²) in [5.41, 5.74) is 3.97. The summed E-state index contributed by atoms with van der Waals surface area (Å²) in [6, 6.07) is 7.33. The van der Waals surface area contributed by atoms with E-state index >= 15 is 0 Å². The van der Waals surface area contributed by atoms with Crippen LogP contribution in [0.3, 0.4) is 0 Å². The van der Waals surface area contributed by atoms with Gasteiger partial charge in [-0.1, -0.05) is 6.07 Å². The van der Waals surface area contributed by atoms with Crippen LogP contribution in [0.25, 0.3) is 10.9 Å². The number of hydrogen-bond acceptors (Lipinski definition) is 2. The summed E-state index contributed by atoms with van der Waals surface area (Å²) in [6.45, 7) is 0. The van der Waals surface area contributed by atoms with Crippen molar-refractivity contribution in [2.24, 2.45) is 0 Å². The van der Waals surface area contributed by atoms with Gasteiger partial charge in [0.15, 0.2) is 0 Å². The fourth-order valence-corrected chi connectivity index (χ4v) is 1.35. The van der Waals surface area contributed by atoms with Crippen molar-refractivity contribution < 1.29 is 5.11 Å². The summed E-state index contributed by atoms with van der Waals surface area (Å²) in [7, 11) is 1.84. The van der Waals surface area contributed by atoms with Gasteiger partial charge >= 0.3 is 0 Å². The molecule has 2 N–H and O–H groups in total. The molecule has 0 saturated heterocycles. The van der Waals surface area contributed by atoms with Crippen molar-refractivity contribution in [3.63, 3.8) is 0 Å². The van der Waals surface area contributed by atoms with Crippen LogP contribution in [0.4, 0.5) is 0 Å². The molecule has 0 fully saturated rings. The molecular formula is C9H10N2O. The van der Waals surface area contributed by atoms with Gasteiger partial charge in [-0.05, 0) is 18.2 Å². The lowest BCUT2D eigenvalue weighted by Crippen LogP contribution is -2.05. The molecule has 0 bridgehead atoms. The molecule has 0 unspecified atom stereocenters. The van der Waals surface area contributed by atoms with E-state index in [-0.39, 0.29) is 0 Å². The van der Waals surface area contributed by atoms with Crippen molar-refractivity contribution in [1.82, 2.24) is 4.68 Å². The first-order valence-corrected chi connectivity index (χ1v) is 3.80. The molecule has 3 nitrogen and oxygen atoms in total. The third kappa shape index (κ3) is 0.830. The van der Waals surface area contributed by atoms with E-state index in [1.807, 2.05) is 36.1 Å². The molecule has 1 heterocycles. The summed E-state index contributed by atoms with van der Waals surface area (Å²) in [5.74, 6) is 0.321. The van der Waals surface area contributed by atoms with Crippen molar-refractivity contribution in [2.75, 3.05) is 12.5 Å². The Bertz CT molecular complexity index is 406. The van der Waals surface area contributed by atoms with E-state index in [2.05, 4.69) is 5.43 Å². The van der Waals surface area contributed by atoms with Crippen molar-refractivity contribution in [2.45, 2.75) is 0 Å². The molecule has 1 aromatic carbocycles. The first-order valence-electron chi connectivity index (χ1n) is 3.80. The second kappa shape index (κ2) is 2.44. The second-order valence-corrected chi connectivity index (χ2v) is 2.62. The number of rotatable bonds is 1. The standard InChI is InChI=1S/C9H10N2O/c1-10-11-6-5-7-8(11)3-2-4-9(7)12/h2-6,10,12H,1H3. The minimum absolute atomic E-state index is 0.321. The fourth-order valence-electron chi connectivity index (χ4n) is 1.35. The zero-order valence-corrected chi connectivity index (χ0v) is 6.78. The summed E-state index contributed by atoms with van der Waals surface area (Å²) in [5, 5.41) is 10.3. The molecule has 62 valence electrons. The van der Waals surface area contributed by atoms with Gasteiger partial charge in [0, 0.05) is 18.6 Å². The topological polar surface area (TPSA) is 37.2 Å². The fraction of sp³-hybridized carbons (Fsp3) is 0.111. The highest BCUT2D eigenvalue weighted by molar-refractivity contribution is 5.86. The van der Waals surface area contributed by atoms with Crippen LogP contribution in [-0.2, 0) is 0 Å². The predicted octanol–water partition coefficient (Wildman–Crippen LogP) is 1.52. The van der Waals surface area contributed by atoms with E-state index in [4.69, 9.17) is 0 Å². The van der Waals surface area contributed by atoms with Gasteiger partial charge in [-0.2, -0.15) is 0 Å². The van der Waals surface area contributed by atoms with E-state index in [0.29, 0.717) is 5.75 Å². The number of hydrogen-bond donors (Lipinski definition) is 2. The molecule has 0 spiro atoms. The minimum atomic E-state index is 0.321. The molecule has 0 amide bonds. The van der Waals surface area contributed by atoms with Crippen LogP contribution in [0.15, 0.2) is 30.5 Å². The minimum Gasteiger partial charge on any atom is -0.507 e. The van der Waals surface area contributed by atoms with Gasteiger partial charge < -0.3 is 10.5 Å². The van der Waals surface area contributed by atoms with Gasteiger partial charge in [0.1, 0.15) is 5.75 Å². The molecule has 1 aromatic heterocycles. The summed E-state index contributed by atoms with van der Waals surface area (Å²) >= 11 is 0. The lowest BCUT2D eigenvalue weighted by atomic mass is 10.2. The molecular weight excluding hydrogens is 152 g/mol. The lowest BCUT2D eigenvalue weighted by Gasteiger charge is -2.02. The monoisotopic (exact) mass is 162 g/mol. The highest BCUT2D eigenvalue weighted by atomic mass is 16.3. The van der Waals surface area contributed by atoms with Crippen LogP contribution in [-0.4, -0.2) is 16.8 Å². The van der Waals surface area contributed by atoms with Crippen molar-refractivity contribution >= 4 is 10.9 Å². The van der Waals surface area contributed by atoms with E-state index in [1.54, 1.807) is 6.07 Å². The van der Waals surface area contributed by atoms with Crippen LogP contribution < -0.4 is 5.43 Å². The van der Waals surface area contributed by atoms with Gasteiger partial charge in [0.25, 0.3) is 0 Å². The number of phenols is 1. The number of nitrogens with one attached hydrogen (secondary N) is 1. The molecule has 2 aromatic rings. The van der Waals surface area contributed by atoms with Gasteiger partial charge in [0.2, 0.25) is 0 Å². The van der Waals surface area contributed by atoms with Gasteiger partial charge in [0.05, 0.1) is 5.52 Å². The molecule has 0 atom stereocenters. The smallest absolute Gasteiger partial charge is 0.125 e. The zero-order chi connectivity index (χ0) is 8.55.